The fraction of sp³-hybridized carbons (Fsp3) is 0.393. The molecule has 3 aromatic heterocycles. The highest BCUT2D eigenvalue weighted by atomic mass is 32.1. The first-order valence-electron chi connectivity index (χ1n) is 12.8. The number of piperidine rings is 1. The third-order valence-electron chi connectivity index (χ3n) is 7.04. The first-order valence-corrected chi connectivity index (χ1v) is 13.7. The Morgan fingerprint density at radius 2 is 1.82 bits per heavy atom. The van der Waals surface area contributed by atoms with Crippen LogP contribution in [0.15, 0.2) is 40.5 Å². The Hall–Kier alpha value is -3.79. The fourth-order valence-corrected chi connectivity index (χ4v) is 5.89. The van der Waals surface area contributed by atoms with Crippen molar-refractivity contribution in [1.82, 2.24) is 24.1 Å². The molecule has 198 valence electrons. The van der Waals surface area contributed by atoms with Crippen molar-refractivity contribution in [2.75, 3.05) is 19.7 Å². The number of carbonyl (C=O) groups excluding carboxylic acids is 2. The van der Waals surface area contributed by atoms with Crippen molar-refractivity contribution >= 4 is 28.2 Å². The number of thiazole rings is 1. The summed E-state index contributed by atoms with van der Waals surface area (Å²) in [7, 11) is 0. The molecule has 0 aliphatic carbocycles. The molecule has 0 bridgehead atoms. The predicted octanol–water partition coefficient (Wildman–Crippen LogP) is 3.88. The average molecular weight is 534 g/mol. The molecule has 4 aromatic rings. The number of ether oxygens (including phenoxy) is 1. The maximum atomic E-state index is 13.8. The summed E-state index contributed by atoms with van der Waals surface area (Å²) in [5, 5.41) is 6.57. The standard InChI is InChI=1S/C28H31N5O4S/c1-5-37-27(36)20-10-12-31(13-11-20)24(34)15-22-16-38-28-29-19(4)25(26(35)32(22)28)23-14-18(3)33(30-23)21-8-6-17(2)7-9-21/h6-9,14,16,20H,5,10-13,15H2,1-4H3. The molecule has 9 nitrogen and oxygen atoms in total. The summed E-state index contributed by atoms with van der Waals surface area (Å²) >= 11 is 1.35. The number of amides is 1. The van der Waals surface area contributed by atoms with Crippen molar-refractivity contribution in [1.29, 1.82) is 0 Å². The number of benzene rings is 1. The summed E-state index contributed by atoms with van der Waals surface area (Å²) in [5.74, 6) is -0.425. The van der Waals surface area contributed by atoms with E-state index in [1.165, 1.54) is 15.7 Å². The number of aryl methyl sites for hydroxylation is 3. The zero-order chi connectivity index (χ0) is 27.0. The van der Waals surface area contributed by atoms with Crippen LogP contribution >= 0.6 is 11.3 Å². The highest BCUT2D eigenvalue weighted by molar-refractivity contribution is 7.15. The lowest BCUT2D eigenvalue weighted by Gasteiger charge is -2.30. The molecule has 1 amide bonds. The minimum absolute atomic E-state index is 0.0690. The third kappa shape index (κ3) is 4.88. The lowest BCUT2D eigenvalue weighted by Crippen LogP contribution is -2.41. The molecule has 1 aromatic carbocycles. The molecule has 0 atom stereocenters. The summed E-state index contributed by atoms with van der Waals surface area (Å²) in [5.41, 5.74) is 4.94. The van der Waals surface area contributed by atoms with E-state index in [0.29, 0.717) is 60.1 Å². The van der Waals surface area contributed by atoms with Crippen molar-refractivity contribution in [3.05, 3.63) is 68.7 Å². The Kier molecular flexibility index (Phi) is 7.16. The predicted molar refractivity (Wildman–Crippen MR) is 146 cm³/mol. The zero-order valence-electron chi connectivity index (χ0n) is 22.1. The van der Waals surface area contributed by atoms with E-state index in [4.69, 9.17) is 9.84 Å². The van der Waals surface area contributed by atoms with Gasteiger partial charge in [0.15, 0.2) is 4.96 Å². The van der Waals surface area contributed by atoms with E-state index in [1.54, 1.807) is 11.8 Å². The topological polar surface area (TPSA) is 98.8 Å². The number of nitrogens with zero attached hydrogens (tertiary/aromatic N) is 5. The largest absolute Gasteiger partial charge is 0.466 e. The van der Waals surface area contributed by atoms with E-state index in [1.807, 2.05) is 61.2 Å². The van der Waals surface area contributed by atoms with Crippen LogP contribution in [0.5, 0.6) is 0 Å². The normalized spacial score (nSPS) is 14.3. The summed E-state index contributed by atoms with van der Waals surface area (Å²) < 4.78 is 8.49. The maximum absolute atomic E-state index is 13.8. The van der Waals surface area contributed by atoms with Gasteiger partial charge in [-0.2, -0.15) is 5.10 Å². The quantitative estimate of drug-likeness (QED) is 0.349. The van der Waals surface area contributed by atoms with Crippen LogP contribution in [0.1, 0.15) is 42.4 Å². The average Bonchev–Trinajstić information content (AvgIpc) is 3.47. The number of rotatable bonds is 6. The van der Waals surface area contributed by atoms with E-state index in [-0.39, 0.29) is 29.8 Å². The number of hydrogen-bond donors (Lipinski definition) is 0. The van der Waals surface area contributed by atoms with Gasteiger partial charge in [-0.05, 0) is 58.7 Å². The van der Waals surface area contributed by atoms with Gasteiger partial charge >= 0.3 is 5.97 Å². The zero-order valence-corrected chi connectivity index (χ0v) is 22.9. The molecule has 0 unspecified atom stereocenters. The number of hydrogen-bond acceptors (Lipinski definition) is 7. The Labute approximate surface area is 224 Å². The van der Waals surface area contributed by atoms with Crippen LogP contribution in [0, 0.1) is 26.7 Å². The molecule has 5 rings (SSSR count). The molecule has 0 spiro atoms. The minimum Gasteiger partial charge on any atom is -0.466 e. The summed E-state index contributed by atoms with van der Waals surface area (Å²) in [4.78, 5) is 45.9. The Balaban J connectivity index is 1.41. The van der Waals surface area contributed by atoms with Gasteiger partial charge in [-0.1, -0.05) is 17.7 Å². The summed E-state index contributed by atoms with van der Waals surface area (Å²) in [6, 6.07) is 9.94. The molecular weight excluding hydrogens is 502 g/mol. The fourth-order valence-electron chi connectivity index (χ4n) is 4.96. The van der Waals surface area contributed by atoms with Gasteiger partial charge in [-0.15, -0.1) is 11.3 Å². The van der Waals surface area contributed by atoms with Crippen molar-refractivity contribution in [2.45, 2.75) is 47.0 Å². The molecule has 1 aliphatic rings. The maximum Gasteiger partial charge on any atom is 0.309 e. The molecule has 1 fully saturated rings. The summed E-state index contributed by atoms with van der Waals surface area (Å²) in [6.07, 6.45) is 1.26. The molecule has 1 saturated heterocycles. The van der Waals surface area contributed by atoms with Crippen molar-refractivity contribution in [3.63, 3.8) is 0 Å². The Morgan fingerprint density at radius 1 is 1.11 bits per heavy atom. The van der Waals surface area contributed by atoms with Crippen LogP contribution < -0.4 is 5.56 Å². The minimum atomic E-state index is -0.230. The first kappa shape index (κ1) is 25.8. The second-order valence-electron chi connectivity index (χ2n) is 9.72. The number of likely N-dealkylation sites (tertiary alicyclic amines) is 1. The van der Waals surface area contributed by atoms with E-state index < -0.39 is 0 Å². The number of fused-ring (bicyclic) bond motifs is 1. The van der Waals surface area contributed by atoms with E-state index in [9.17, 15) is 14.4 Å². The smallest absolute Gasteiger partial charge is 0.309 e. The lowest BCUT2D eigenvalue weighted by atomic mass is 9.97. The highest BCUT2D eigenvalue weighted by Crippen LogP contribution is 2.25. The van der Waals surface area contributed by atoms with Crippen LogP contribution in [0.25, 0.3) is 21.9 Å². The van der Waals surface area contributed by atoms with Gasteiger partial charge in [0.1, 0.15) is 5.69 Å². The van der Waals surface area contributed by atoms with Gasteiger partial charge in [-0.25, -0.2) is 9.67 Å². The van der Waals surface area contributed by atoms with E-state index >= 15 is 0 Å². The Morgan fingerprint density at radius 3 is 2.50 bits per heavy atom. The molecule has 38 heavy (non-hydrogen) atoms. The number of carbonyl (C=O) groups is 2. The molecule has 0 saturated carbocycles. The number of aromatic nitrogens is 4. The third-order valence-corrected chi connectivity index (χ3v) is 7.92. The van der Waals surface area contributed by atoms with Gasteiger partial charge in [-0.3, -0.25) is 18.8 Å². The van der Waals surface area contributed by atoms with Crippen LogP contribution in [-0.2, 0) is 20.7 Å². The van der Waals surface area contributed by atoms with Gasteiger partial charge in [0, 0.05) is 29.9 Å². The molecule has 10 heteroatoms. The number of esters is 1. The van der Waals surface area contributed by atoms with Gasteiger partial charge in [0.25, 0.3) is 5.56 Å². The molecular formula is C28H31N5O4S. The SMILES string of the molecule is CCOC(=O)C1CCN(C(=O)Cc2csc3nc(C)c(-c4cc(C)n(-c5ccc(C)cc5)n4)c(=O)n23)CC1. The second-order valence-corrected chi connectivity index (χ2v) is 10.6. The first-order chi connectivity index (χ1) is 18.3. The highest BCUT2D eigenvalue weighted by Gasteiger charge is 2.29. The van der Waals surface area contributed by atoms with Crippen LogP contribution in [0.2, 0.25) is 0 Å². The van der Waals surface area contributed by atoms with Crippen molar-refractivity contribution in [2.24, 2.45) is 5.92 Å². The molecule has 0 N–H and O–H groups in total. The summed E-state index contributed by atoms with van der Waals surface area (Å²) in [6.45, 7) is 8.95. The van der Waals surface area contributed by atoms with Crippen LogP contribution in [0.4, 0.5) is 0 Å². The van der Waals surface area contributed by atoms with Crippen molar-refractivity contribution < 1.29 is 14.3 Å². The van der Waals surface area contributed by atoms with E-state index in [2.05, 4.69) is 4.98 Å². The van der Waals surface area contributed by atoms with Crippen LogP contribution in [0.3, 0.4) is 0 Å². The lowest BCUT2D eigenvalue weighted by molar-refractivity contribution is -0.151. The molecule has 1 aliphatic heterocycles. The van der Waals surface area contributed by atoms with Gasteiger partial charge in [0.2, 0.25) is 5.91 Å². The van der Waals surface area contributed by atoms with Gasteiger partial charge < -0.3 is 9.64 Å². The van der Waals surface area contributed by atoms with E-state index in [0.717, 1.165) is 16.9 Å². The van der Waals surface area contributed by atoms with Gasteiger partial charge in [0.05, 0.1) is 35.9 Å². The van der Waals surface area contributed by atoms with Crippen molar-refractivity contribution in [3.8, 4) is 16.9 Å². The van der Waals surface area contributed by atoms with Crippen LogP contribution in [-0.4, -0.2) is 55.6 Å². The monoisotopic (exact) mass is 533 g/mol. The molecule has 4 heterocycles. The Bertz CT molecular complexity index is 1560. The molecule has 0 radical (unpaired) electrons. The second kappa shape index (κ2) is 10.5.